The Hall–Kier alpha value is -0.540. The molecule has 2 N–H and O–H groups in total. The summed E-state index contributed by atoms with van der Waals surface area (Å²) in [5.41, 5.74) is 8.69. The average molecular weight is 270 g/mol. The van der Waals surface area contributed by atoms with Crippen LogP contribution in [0.3, 0.4) is 0 Å². The van der Waals surface area contributed by atoms with E-state index < -0.39 is 0 Å². The molecule has 1 aliphatic carbocycles. The van der Waals surface area contributed by atoms with Crippen molar-refractivity contribution in [1.82, 2.24) is 9.78 Å². The largest absolute Gasteiger partial charge is 0.325 e. The predicted octanol–water partition coefficient (Wildman–Crippen LogP) is 3.08. The second kappa shape index (κ2) is 4.86. The fraction of sp³-hybridized carbons (Fsp3) is 0.786. The van der Waals surface area contributed by atoms with E-state index in [0.717, 1.165) is 29.3 Å². The van der Waals surface area contributed by atoms with Crippen LogP contribution in [-0.2, 0) is 13.5 Å². The fourth-order valence-corrected chi connectivity index (χ4v) is 3.49. The third-order valence-corrected chi connectivity index (χ3v) is 5.31. The zero-order chi connectivity index (χ0) is 13.5. The Kier molecular flexibility index (Phi) is 3.75. The van der Waals surface area contributed by atoms with E-state index in [9.17, 15) is 0 Å². The molecule has 0 bridgehead atoms. The fourth-order valence-electron chi connectivity index (χ4n) is 3.25. The summed E-state index contributed by atoms with van der Waals surface area (Å²) in [7, 11) is 1.88. The summed E-state index contributed by atoms with van der Waals surface area (Å²) in [6, 6.07) is 0. The molecule has 1 aromatic heterocycles. The first-order chi connectivity index (χ1) is 8.35. The summed E-state index contributed by atoms with van der Waals surface area (Å²) in [6.45, 7) is 6.61. The second-order valence-electron chi connectivity index (χ2n) is 6.05. The van der Waals surface area contributed by atoms with Crippen molar-refractivity contribution in [2.45, 2.75) is 52.0 Å². The highest BCUT2D eigenvalue weighted by Gasteiger charge is 2.39. The van der Waals surface area contributed by atoms with Gasteiger partial charge in [-0.2, -0.15) is 5.10 Å². The van der Waals surface area contributed by atoms with Gasteiger partial charge in [0.15, 0.2) is 0 Å². The van der Waals surface area contributed by atoms with Crippen molar-refractivity contribution >= 4 is 11.6 Å². The molecule has 4 heteroatoms. The molecule has 18 heavy (non-hydrogen) atoms. The maximum absolute atomic E-state index is 6.68. The van der Waals surface area contributed by atoms with E-state index in [2.05, 4.69) is 18.9 Å². The number of aromatic nitrogens is 2. The third kappa shape index (κ3) is 2.30. The van der Waals surface area contributed by atoms with Crippen LogP contribution < -0.4 is 5.73 Å². The maximum atomic E-state index is 6.68. The third-order valence-electron chi connectivity index (χ3n) is 4.84. The average Bonchev–Trinajstić information content (AvgIpc) is 2.53. The molecule has 3 atom stereocenters. The molecule has 3 nitrogen and oxygen atoms in total. The predicted molar refractivity (Wildman–Crippen MR) is 75.8 cm³/mol. The molecule has 2 rings (SSSR count). The highest BCUT2D eigenvalue weighted by Crippen LogP contribution is 2.39. The van der Waals surface area contributed by atoms with Crippen LogP contribution in [0.2, 0.25) is 5.15 Å². The topological polar surface area (TPSA) is 43.8 Å². The van der Waals surface area contributed by atoms with Crippen LogP contribution in [0.25, 0.3) is 0 Å². The summed E-state index contributed by atoms with van der Waals surface area (Å²) < 4.78 is 1.74. The molecule has 0 radical (unpaired) electrons. The number of rotatable bonds is 2. The van der Waals surface area contributed by atoms with Gasteiger partial charge < -0.3 is 5.73 Å². The van der Waals surface area contributed by atoms with Crippen molar-refractivity contribution < 1.29 is 0 Å². The number of nitrogens with two attached hydrogens (primary N) is 1. The highest BCUT2D eigenvalue weighted by molar-refractivity contribution is 6.30. The molecule has 102 valence electrons. The van der Waals surface area contributed by atoms with Gasteiger partial charge in [-0.05, 0) is 31.6 Å². The highest BCUT2D eigenvalue weighted by atomic mass is 35.5. The summed E-state index contributed by atoms with van der Waals surface area (Å²) >= 11 is 6.32. The number of nitrogens with zero attached hydrogens (tertiary/aromatic N) is 2. The minimum absolute atomic E-state index is 0.130. The van der Waals surface area contributed by atoms with Gasteiger partial charge in [-0.25, -0.2) is 0 Å². The van der Waals surface area contributed by atoms with Crippen LogP contribution in [-0.4, -0.2) is 15.3 Å². The van der Waals surface area contributed by atoms with E-state index in [1.165, 1.54) is 12.8 Å². The summed E-state index contributed by atoms with van der Waals surface area (Å²) in [6.07, 6.45) is 4.44. The van der Waals surface area contributed by atoms with Crippen LogP contribution >= 0.6 is 11.6 Å². The molecule has 0 spiro atoms. The molecule has 0 aromatic carbocycles. The van der Waals surface area contributed by atoms with Crippen molar-refractivity contribution in [3.05, 3.63) is 16.4 Å². The molecule has 1 aromatic rings. The Balaban J connectivity index is 2.26. The smallest absolute Gasteiger partial charge is 0.130 e. The molecule has 1 saturated carbocycles. The van der Waals surface area contributed by atoms with Crippen molar-refractivity contribution in [3.8, 4) is 0 Å². The van der Waals surface area contributed by atoms with E-state index in [-0.39, 0.29) is 5.54 Å². The number of hydrogen-bond acceptors (Lipinski definition) is 2. The van der Waals surface area contributed by atoms with Gasteiger partial charge in [0.1, 0.15) is 5.15 Å². The molecular weight excluding hydrogens is 246 g/mol. The lowest BCUT2D eigenvalue weighted by molar-refractivity contribution is 0.143. The molecule has 1 heterocycles. The first kappa shape index (κ1) is 13.9. The van der Waals surface area contributed by atoms with Gasteiger partial charge in [0.25, 0.3) is 0 Å². The SMILES string of the molecule is Cc1nn(C)c(Cl)c1CC1(N)CCCC(C)C1C. The normalized spacial score (nSPS) is 32.8. The Morgan fingerprint density at radius 1 is 1.50 bits per heavy atom. The van der Waals surface area contributed by atoms with Gasteiger partial charge in [0.2, 0.25) is 0 Å². The molecule has 0 amide bonds. The second-order valence-corrected chi connectivity index (χ2v) is 6.40. The van der Waals surface area contributed by atoms with Gasteiger partial charge in [-0.3, -0.25) is 4.68 Å². The van der Waals surface area contributed by atoms with E-state index in [1.54, 1.807) is 4.68 Å². The van der Waals surface area contributed by atoms with Crippen LogP contribution in [0.1, 0.15) is 44.4 Å². The van der Waals surface area contributed by atoms with Crippen molar-refractivity contribution in [3.63, 3.8) is 0 Å². The summed E-state index contributed by atoms with van der Waals surface area (Å²) in [5.74, 6) is 1.22. The first-order valence-corrected chi connectivity index (χ1v) is 7.20. The van der Waals surface area contributed by atoms with Crippen molar-refractivity contribution in [1.29, 1.82) is 0 Å². The van der Waals surface area contributed by atoms with Gasteiger partial charge in [-0.1, -0.05) is 38.3 Å². The quantitative estimate of drug-likeness (QED) is 0.897. The molecule has 1 fully saturated rings. The Bertz CT molecular complexity index is 440. The van der Waals surface area contributed by atoms with Gasteiger partial charge in [-0.15, -0.1) is 0 Å². The monoisotopic (exact) mass is 269 g/mol. The molecule has 0 aliphatic heterocycles. The van der Waals surface area contributed by atoms with Crippen LogP contribution in [0.5, 0.6) is 0 Å². The van der Waals surface area contributed by atoms with Crippen LogP contribution in [0.4, 0.5) is 0 Å². The lowest BCUT2D eigenvalue weighted by Crippen LogP contribution is -2.52. The van der Waals surface area contributed by atoms with Crippen LogP contribution in [0, 0.1) is 18.8 Å². The minimum atomic E-state index is -0.130. The minimum Gasteiger partial charge on any atom is -0.325 e. The van der Waals surface area contributed by atoms with Crippen molar-refractivity contribution in [2.24, 2.45) is 24.6 Å². The maximum Gasteiger partial charge on any atom is 0.130 e. The van der Waals surface area contributed by atoms with Crippen molar-refractivity contribution in [2.75, 3.05) is 0 Å². The lowest BCUT2D eigenvalue weighted by atomic mass is 9.66. The molecule has 0 saturated heterocycles. The zero-order valence-electron chi connectivity index (χ0n) is 11.8. The number of hydrogen-bond donors (Lipinski definition) is 1. The zero-order valence-corrected chi connectivity index (χ0v) is 12.6. The Morgan fingerprint density at radius 2 is 2.17 bits per heavy atom. The van der Waals surface area contributed by atoms with E-state index in [0.29, 0.717) is 11.8 Å². The van der Waals surface area contributed by atoms with E-state index in [1.807, 2.05) is 14.0 Å². The number of aryl methyl sites for hydroxylation is 2. The molecular formula is C14H24ClN3. The Labute approximate surface area is 115 Å². The molecule has 1 aliphatic rings. The van der Waals surface area contributed by atoms with Gasteiger partial charge in [0.05, 0.1) is 5.69 Å². The summed E-state index contributed by atoms with van der Waals surface area (Å²) in [4.78, 5) is 0. The van der Waals surface area contributed by atoms with Gasteiger partial charge >= 0.3 is 0 Å². The number of halogens is 1. The van der Waals surface area contributed by atoms with Gasteiger partial charge in [0, 0.05) is 18.2 Å². The standard InChI is InChI=1S/C14H24ClN3/c1-9-6-5-7-14(16,10(9)2)8-12-11(3)17-18(4)13(12)15/h9-10H,5-8,16H2,1-4H3. The Morgan fingerprint density at radius 3 is 2.72 bits per heavy atom. The van der Waals surface area contributed by atoms with E-state index in [4.69, 9.17) is 17.3 Å². The first-order valence-electron chi connectivity index (χ1n) is 6.82. The van der Waals surface area contributed by atoms with Crippen LogP contribution in [0.15, 0.2) is 0 Å². The molecule has 3 unspecified atom stereocenters. The lowest BCUT2D eigenvalue weighted by Gasteiger charge is -2.43. The summed E-state index contributed by atoms with van der Waals surface area (Å²) in [5, 5.41) is 5.12. The van der Waals surface area contributed by atoms with E-state index >= 15 is 0 Å².